The molecule has 2 aromatic carbocycles. The first-order valence-electron chi connectivity index (χ1n) is 6.13. The first-order valence-corrected chi connectivity index (χ1v) is 7.66. The molecule has 0 saturated carbocycles. The van der Waals surface area contributed by atoms with E-state index in [0.29, 0.717) is 10.7 Å². The van der Waals surface area contributed by atoms with Crippen LogP contribution >= 0.6 is 23.4 Å². The van der Waals surface area contributed by atoms with E-state index in [1.54, 1.807) is 24.3 Å². The lowest BCUT2D eigenvalue weighted by molar-refractivity contribution is -0.113. The third-order valence-corrected chi connectivity index (χ3v) is 3.98. The maximum atomic E-state index is 13.4. The molecule has 21 heavy (non-hydrogen) atoms. The molecule has 0 heterocycles. The molecule has 0 atom stereocenters. The molecular formula is C15H12ClF2NOS. The number of halogens is 3. The number of nitrogens with one attached hydrogen (secondary N) is 1. The third-order valence-electron chi connectivity index (χ3n) is 2.67. The fraction of sp³-hybridized carbons (Fsp3) is 0.133. The molecule has 1 N–H and O–H groups in total. The van der Waals surface area contributed by atoms with Gasteiger partial charge in [-0.1, -0.05) is 35.9 Å². The minimum atomic E-state index is -0.881. The van der Waals surface area contributed by atoms with Crippen LogP contribution < -0.4 is 5.32 Å². The van der Waals surface area contributed by atoms with E-state index in [-0.39, 0.29) is 23.0 Å². The molecule has 0 radical (unpaired) electrons. The predicted molar refractivity (Wildman–Crippen MR) is 82.6 cm³/mol. The van der Waals surface area contributed by atoms with Gasteiger partial charge in [0.15, 0.2) is 11.6 Å². The summed E-state index contributed by atoms with van der Waals surface area (Å²) in [6, 6.07) is 10.9. The minimum Gasteiger partial charge on any atom is -0.324 e. The van der Waals surface area contributed by atoms with Crippen LogP contribution in [0.5, 0.6) is 0 Å². The second-order valence-electron chi connectivity index (χ2n) is 4.23. The lowest BCUT2D eigenvalue weighted by atomic mass is 10.2. The van der Waals surface area contributed by atoms with Gasteiger partial charge < -0.3 is 5.32 Å². The fourth-order valence-electron chi connectivity index (χ4n) is 1.66. The molecule has 0 bridgehead atoms. The third kappa shape index (κ3) is 4.44. The Morgan fingerprint density at radius 3 is 2.67 bits per heavy atom. The molecule has 0 unspecified atom stereocenters. The molecule has 0 aliphatic rings. The van der Waals surface area contributed by atoms with Gasteiger partial charge in [0.05, 0.1) is 16.5 Å². The van der Waals surface area contributed by atoms with Crippen molar-refractivity contribution in [3.63, 3.8) is 0 Å². The van der Waals surface area contributed by atoms with Gasteiger partial charge >= 0.3 is 0 Å². The first-order chi connectivity index (χ1) is 10.1. The smallest absolute Gasteiger partial charge is 0.234 e. The van der Waals surface area contributed by atoms with Crippen LogP contribution in [0.2, 0.25) is 5.02 Å². The van der Waals surface area contributed by atoms with Gasteiger partial charge in [-0.3, -0.25) is 4.79 Å². The van der Waals surface area contributed by atoms with Crippen LogP contribution in [0.1, 0.15) is 5.56 Å². The Bertz CT molecular complexity index is 651. The van der Waals surface area contributed by atoms with Crippen molar-refractivity contribution in [2.75, 3.05) is 11.1 Å². The highest BCUT2D eigenvalue weighted by molar-refractivity contribution is 7.99. The summed E-state index contributed by atoms with van der Waals surface area (Å²) in [5.41, 5.74) is 0.771. The van der Waals surface area contributed by atoms with E-state index >= 15 is 0 Å². The number of amides is 1. The standard InChI is InChI=1S/C15H12ClF2NOS/c16-11-5-1-2-7-13(11)19-14(20)9-21-8-10-4-3-6-12(17)15(10)18/h1-7H,8-9H2,(H,19,20). The molecule has 0 spiro atoms. The number of rotatable bonds is 5. The summed E-state index contributed by atoms with van der Waals surface area (Å²) in [5, 5.41) is 3.11. The van der Waals surface area contributed by atoms with Gasteiger partial charge in [0.25, 0.3) is 0 Å². The number of anilines is 1. The first kappa shape index (κ1) is 15.8. The number of hydrogen-bond donors (Lipinski definition) is 1. The molecule has 0 aromatic heterocycles. The van der Waals surface area contributed by atoms with Crippen LogP contribution in [0.25, 0.3) is 0 Å². The molecule has 6 heteroatoms. The van der Waals surface area contributed by atoms with Crippen LogP contribution in [0.3, 0.4) is 0 Å². The summed E-state index contributed by atoms with van der Waals surface area (Å²) in [6.45, 7) is 0. The molecule has 2 rings (SSSR count). The van der Waals surface area contributed by atoms with Gasteiger partial charge in [0, 0.05) is 11.3 Å². The van der Waals surface area contributed by atoms with E-state index in [0.717, 1.165) is 6.07 Å². The van der Waals surface area contributed by atoms with E-state index < -0.39 is 11.6 Å². The number of thioether (sulfide) groups is 1. The second-order valence-corrected chi connectivity index (χ2v) is 5.63. The number of hydrogen-bond acceptors (Lipinski definition) is 2. The van der Waals surface area contributed by atoms with Crippen molar-refractivity contribution in [3.05, 3.63) is 64.7 Å². The average Bonchev–Trinajstić information content (AvgIpc) is 2.46. The quantitative estimate of drug-likeness (QED) is 0.876. The van der Waals surface area contributed by atoms with Gasteiger partial charge in [-0.05, 0) is 18.2 Å². The van der Waals surface area contributed by atoms with Gasteiger partial charge in [-0.2, -0.15) is 0 Å². The topological polar surface area (TPSA) is 29.1 Å². The van der Waals surface area contributed by atoms with E-state index in [4.69, 9.17) is 11.6 Å². The Balaban J connectivity index is 1.85. The predicted octanol–water partition coefficient (Wildman–Crippen LogP) is 4.49. The van der Waals surface area contributed by atoms with Crippen LogP contribution in [-0.4, -0.2) is 11.7 Å². The van der Waals surface area contributed by atoms with Crippen molar-refractivity contribution in [2.24, 2.45) is 0 Å². The zero-order chi connectivity index (χ0) is 15.2. The van der Waals surface area contributed by atoms with Crippen molar-refractivity contribution in [3.8, 4) is 0 Å². The van der Waals surface area contributed by atoms with Crippen molar-refractivity contribution in [2.45, 2.75) is 5.75 Å². The largest absolute Gasteiger partial charge is 0.324 e. The molecule has 2 aromatic rings. The highest BCUT2D eigenvalue weighted by Crippen LogP contribution is 2.21. The van der Waals surface area contributed by atoms with Crippen LogP contribution in [0.15, 0.2) is 42.5 Å². The highest BCUT2D eigenvalue weighted by Gasteiger charge is 2.09. The monoisotopic (exact) mass is 327 g/mol. The Morgan fingerprint density at radius 2 is 1.90 bits per heavy atom. The second kappa shape index (κ2) is 7.43. The van der Waals surface area contributed by atoms with Gasteiger partial charge in [0.2, 0.25) is 5.91 Å². The zero-order valence-corrected chi connectivity index (χ0v) is 12.5. The number of carbonyl (C=O) groups excluding carboxylic acids is 1. The van der Waals surface area contributed by atoms with Crippen molar-refractivity contribution < 1.29 is 13.6 Å². The summed E-state index contributed by atoms with van der Waals surface area (Å²) in [6.07, 6.45) is 0. The van der Waals surface area contributed by atoms with Crippen molar-refractivity contribution in [1.29, 1.82) is 0 Å². The van der Waals surface area contributed by atoms with E-state index in [2.05, 4.69) is 5.32 Å². The normalized spacial score (nSPS) is 10.4. The lowest BCUT2D eigenvalue weighted by Gasteiger charge is -2.07. The Morgan fingerprint density at radius 1 is 1.14 bits per heavy atom. The van der Waals surface area contributed by atoms with Gasteiger partial charge in [-0.25, -0.2) is 8.78 Å². The summed E-state index contributed by atoms with van der Waals surface area (Å²) in [7, 11) is 0. The highest BCUT2D eigenvalue weighted by atomic mass is 35.5. The Hall–Kier alpha value is -1.59. The number of carbonyl (C=O) groups is 1. The number of para-hydroxylation sites is 1. The SMILES string of the molecule is O=C(CSCc1cccc(F)c1F)Nc1ccccc1Cl. The maximum Gasteiger partial charge on any atom is 0.234 e. The summed E-state index contributed by atoms with van der Waals surface area (Å²) < 4.78 is 26.4. The van der Waals surface area contributed by atoms with Gasteiger partial charge in [-0.15, -0.1) is 11.8 Å². The van der Waals surface area contributed by atoms with E-state index in [9.17, 15) is 13.6 Å². The molecule has 2 nitrogen and oxygen atoms in total. The van der Waals surface area contributed by atoms with Crippen molar-refractivity contribution >= 4 is 35.0 Å². The van der Waals surface area contributed by atoms with Gasteiger partial charge in [0.1, 0.15) is 0 Å². The number of benzene rings is 2. The molecule has 0 saturated heterocycles. The average molecular weight is 328 g/mol. The van der Waals surface area contributed by atoms with E-state index in [1.807, 2.05) is 0 Å². The molecule has 0 aliphatic carbocycles. The maximum absolute atomic E-state index is 13.4. The molecule has 110 valence electrons. The Kier molecular flexibility index (Phi) is 5.59. The van der Waals surface area contributed by atoms with E-state index in [1.165, 1.54) is 23.9 Å². The zero-order valence-electron chi connectivity index (χ0n) is 10.9. The minimum absolute atomic E-state index is 0.126. The van der Waals surface area contributed by atoms with Crippen LogP contribution in [-0.2, 0) is 10.5 Å². The molecule has 0 aliphatic heterocycles. The van der Waals surface area contributed by atoms with Crippen molar-refractivity contribution in [1.82, 2.24) is 0 Å². The van der Waals surface area contributed by atoms with Crippen LogP contribution in [0.4, 0.5) is 14.5 Å². The molecule has 1 amide bonds. The molecule has 0 fully saturated rings. The van der Waals surface area contributed by atoms with Crippen LogP contribution in [0, 0.1) is 11.6 Å². The molecular weight excluding hydrogens is 316 g/mol. The summed E-state index contributed by atoms with van der Waals surface area (Å²) in [4.78, 5) is 11.7. The summed E-state index contributed by atoms with van der Waals surface area (Å²) in [5.74, 6) is -1.64. The fourth-order valence-corrected chi connectivity index (χ4v) is 2.65. The lowest BCUT2D eigenvalue weighted by Crippen LogP contribution is -2.14. The Labute approximate surface area is 130 Å². The summed E-state index contributed by atoms with van der Waals surface area (Å²) >= 11 is 7.12.